The first-order valence-corrected chi connectivity index (χ1v) is 10.5. The second-order valence-corrected chi connectivity index (χ2v) is 9.55. The van der Waals surface area contributed by atoms with Crippen LogP contribution >= 0.6 is 0 Å². The molecule has 4 rings (SSSR count). The molecule has 1 atom stereocenters. The van der Waals surface area contributed by atoms with Crippen molar-refractivity contribution in [1.29, 1.82) is 0 Å². The molecule has 1 aromatic heterocycles. The van der Waals surface area contributed by atoms with E-state index in [0.717, 1.165) is 15.2 Å². The van der Waals surface area contributed by atoms with E-state index >= 15 is 0 Å². The molecular weight excluding hydrogens is 400 g/mol. The van der Waals surface area contributed by atoms with Gasteiger partial charge in [-0.15, -0.1) is 0 Å². The molecule has 6 nitrogen and oxygen atoms in total. The van der Waals surface area contributed by atoms with Crippen LogP contribution < -0.4 is 4.90 Å². The molecule has 154 valence electrons. The molecule has 1 fully saturated rings. The Morgan fingerprint density at radius 3 is 2.52 bits per heavy atom. The number of nitrogens with zero attached hydrogens (tertiary/aromatic N) is 2. The molecule has 0 amide bonds. The summed E-state index contributed by atoms with van der Waals surface area (Å²) in [6, 6.07) is 13.8. The number of benzene rings is 2. The van der Waals surface area contributed by atoms with Gasteiger partial charge in [-0.2, -0.15) is 0 Å². The quantitative estimate of drug-likeness (QED) is 0.679. The number of aliphatic hydroxyl groups is 1. The number of anilines is 1. The fourth-order valence-corrected chi connectivity index (χ4v) is 4.48. The summed E-state index contributed by atoms with van der Waals surface area (Å²) in [5.41, 5.74) is 2.38. The molecule has 0 spiro atoms. The lowest BCUT2D eigenvalue weighted by atomic mass is 10.1. The third kappa shape index (κ3) is 3.39. The van der Waals surface area contributed by atoms with Gasteiger partial charge < -0.3 is 15.0 Å². The van der Waals surface area contributed by atoms with Crippen molar-refractivity contribution in [2.75, 3.05) is 32.1 Å². The second-order valence-electron chi connectivity index (χ2n) is 7.39. The van der Waals surface area contributed by atoms with Crippen LogP contribution in [0.25, 0.3) is 22.2 Å². The first-order valence-electron chi connectivity index (χ1n) is 9.05. The van der Waals surface area contributed by atoms with Crippen molar-refractivity contribution in [3.8, 4) is 11.3 Å². The Balaban J connectivity index is 1.89. The number of rotatable bonds is 4. The number of aliphatic hydroxyl groups excluding tert-OH is 1. The lowest BCUT2D eigenvalue weighted by Gasteiger charge is -2.22. The normalized spacial score (nSPS) is 19.4. The van der Waals surface area contributed by atoms with Gasteiger partial charge in [0.25, 0.3) is 5.92 Å². The van der Waals surface area contributed by atoms with Crippen LogP contribution in [0.15, 0.2) is 53.4 Å². The molecule has 3 aromatic rings. The number of hydrogen-bond acceptors (Lipinski definition) is 4. The van der Waals surface area contributed by atoms with Crippen molar-refractivity contribution < 1.29 is 22.3 Å². The first kappa shape index (κ1) is 19.8. The number of nitrogens with one attached hydrogen (secondary N) is 1. The lowest BCUT2D eigenvalue weighted by Crippen LogP contribution is -2.31. The molecule has 2 heterocycles. The number of para-hydroxylation sites is 1. The number of halogens is 2. The van der Waals surface area contributed by atoms with E-state index in [1.54, 1.807) is 0 Å². The van der Waals surface area contributed by atoms with Gasteiger partial charge in [-0.25, -0.2) is 21.5 Å². The average molecular weight is 421 g/mol. The Bertz CT molecular complexity index is 1140. The molecule has 2 aromatic carbocycles. The van der Waals surface area contributed by atoms with E-state index in [9.17, 15) is 22.3 Å². The molecule has 0 bridgehead atoms. The van der Waals surface area contributed by atoms with Crippen LogP contribution in [0, 0.1) is 0 Å². The number of β-amino-alcohol motifs (C(OH)–C–C–N with tert-alkyl or cyclic N) is 1. The number of fused-ring (bicyclic) bond motifs is 1. The Labute approximate surface area is 167 Å². The van der Waals surface area contributed by atoms with E-state index in [0.29, 0.717) is 16.9 Å². The molecule has 0 saturated carbocycles. The largest absolute Gasteiger partial charge is 0.385 e. The molecular formula is C20H21F2N3O3S. The third-order valence-corrected chi connectivity index (χ3v) is 7.00. The topological polar surface area (TPSA) is 76.6 Å². The molecule has 0 unspecified atom stereocenters. The second kappa shape index (κ2) is 6.79. The van der Waals surface area contributed by atoms with Gasteiger partial charge in [-0.05, 0) is 30.3 Å². The highest BCUT2D eigenvalue weighted by Crippen LogP contribution is 2.39. The minimum atomic E-state index is -3.71. The highest BCUT2D eigenvalue weighted by molar-refractivity contribution is 7.89. The molecule has 1 saturated heterocycles. The van der Waals surface area contributed by atoms with Crippen LogP contribution in [0.2, 0.25) is 0 Å². The number of aromatic nitrogens is 1. The van der Waals surface area contributed by atoms with Crippen molar-refractivity contribution in [1.82, 2.24) is 9.29 Å². The van der Waals surface area contributed by atoms with Crippen LogP contribution in [-0.2, 0) is 10.0 Å². The zero-order chi connectivity index (χ0) is 21.0. The van der Waals surface area contributed by atoms with Crippen molar-refractivity contribution >= 4 is 26.6 Å². The van der Waals surface area contributed by atoms with Gasteiger partial charge in [0.05, 0.1) is 18.0 Å². The minimum Gasteiger partial charge on any atom is -0.385 e. The van der Waals surface area contributed by atoms with Crippen LogP contribution in [0.3, 0.4) is 0 Å². The Kier molecular flexibility index (Phi) is 4.64. The summed E-state index contributed by atoms with van der Waals surface area (Å²) >= 11 is 0. The molecule has 2 N–H and O–H groups in total. The summed E-state index contributed by atoms with van der Waals surface area (Å²) in [7, 11) is -0.840. The van der Waals surface area contributed by atoms with Gasteiger partial charge in [0, 0.05) is 41.9 Å². The zero-order valence-electron chi connectivity index (χ0n) is 15.9. The van der Waals surface area contributed by atoms with Gasteiger partial charge in [-0.1, -0.05) is 18.2 Å². The number of aromatic amines is 1. The van der Waals surface area contributed by atoms with Crippen LogP contribution in [0.5, 0.6) is 0 Å². The number of hydrogen-bond donors (Lipinski definition) is 2. The SMILES string of the molecule is CN(C)S(=O)(=O)c1ccc(N2C[C@@H](O)C(F)(F)C2)c(-c2cc3ccccc3[nH]2)c1. The molecule has 1 aliphatic heterocycles. The van der Waals surface area contributed by atoms with Crippen molar-refractivity contribution in [2.45, 2.75) is 16.9 Å². The maximum Gasteiger partial charge on any atom is 0.292 e. The number of alkyl halides is 2. The zero-order valence-corrected chi connectivity index (χ0v) is 16.7. The first-order chi connectivity index (χ1) is 13.6. The maximum absolute atomic E-state index is 13.9. The standard InChI is InChI=1S/C20H21F2N3O3S/c1-24(2)29(27,28)14-7-8-18(25-11-19(26)20(21,22)12-25)15(10-14)17-9-13-5-3-4-6-16(13)23-17/h3-10,19,23,26H,11-12H2,1-2H3/t19-/m1/s1. The highest BCUT2D eigenvalue weighted by Gasteiger charge is 2.47. The van der Waals surface area contributed by atoms with E-state index in [1.807, 2.05) is 30.3 Å². The fraction of sp³-hybridized carbons (Fsp3) is 0.300. The van der Waals surface area contributed by atoms with Gasteiger partial charge >= 0.3 is 0 Å². The van der Waals surface area contributed by atoms with E-state index < -0.39 is 28.6 Å². The smallest absolute Gasteiger partial charge is 0.292 e. The van der Waals surface area contributed by atoms with Crippen LogP contribution in [-0.4, -0.2) is 62.0 Å². The Morgan fingerprint density at radius 1 is 1.17 bits per heavy atom. The summed E-state index contributed by atoms with van der Waals surface area (Å²) in [4.78, 5) is 4.68. The predicted molar refractivity (Wildman–Crippen MR) is 108 cm³/mol. The molecule has 0 aliphatic carbocycles. The van der Waals surface area contributed by atoms with E-state index in [-0.39, 0.29) is 11.4 Å². The third-order valence-electron chi connectivity index (χ3n) is 5.19. The van der Waals surface area contributed by atoms with E-state index in [4.69, 9.17) is 0 Å². The summed E-state index contributed by atoms with van der Waals surface area (Å²) < 4.78 is 54.2. The summed E-state index contributed by atoms with van der Waals surface area (Å²) in [6.45, 7) is -0.874. The molecule has 9 heteroatoms. The average Bonchev–Trinajstić information content (AvgIpc) is 3.21. The molecule has 0 radical (unpaired) electrons. The van der Waals surface area contributed by atoms with Gasteiger partial charge in [0.15, 0.2) is 0 Å². The lowest BCUT2D eigenvalue weighted by molar-refractivity contribution is -0.0712. The molecule has 29 heavy (non-hydrogen) atoms. The van der Waals surface area contributed by atoms with Crippen molar-refractivity contribution in [3.05, 3.63) is 48.5 Å². The van der Waals surface area contributed by atoms with Crippen molar-refractivity contribution in [3.63, 3.8) is 0 Å². The van der Waals surface area contributed by atoms with Gasteiger partial charge in [0.2, 0.25) is 10.0 Å². The van der Waals surface area contributed by atoms with Crippen LogP contribution in [0.1, 0.15) is 0 Å². The number of sulfonamides is 1. The fourth-order valence-electron chi connectivity index (χ4n) is 3.55. The van der Waals surface area contributed by atoms with E-state index in [1.165, 1.54) is 37.2 Å². The van der Waals surface area contributed by atoms with Gasteiger partial charge in [-0.3, -0.25) is 0 Å². The Morgan fingerprint density at radius 2 is 1.90 bits per heavy atom. The Hall–Kier alpha value is -2.49. The van der Waals surface area contributed by atoms with Crippen LogP contribution in [0.4, 0.5) is 14.5 Å². The summed E-state index contributed by atoms with van der Waals surface area (Å²) in [6.07, 6.45) is -1.77. The maximum atomic E-state index is 13.9. The summed E-state index contributed by atoms with van der Waals surface area (Å²) in [5, 5.41) is 10.6. The number of H-pyrrole nitrogens is 1. The highest BCUT2D eigenvalue weighted by atomic mass is 32.2. The van der Waals surface area contributed by atoms with Crippen molar-refractivity contribution in [2.24, 2.45) is 0 Å². The van der Waals surface area contributed by atoms with Gasteiger partial charge in [0.1, 0.15) is 6.10 Å². The monoisotopic (exact) mass is 421 g/mol. The molecule has 1 aliphatic rings. The predicted octanol–water partition coefficient (Wildman–Crippen LogP) is 2.90. The van der Waals surface area contributed by atoms with E-state index in [2.05, 4.69) is 4.98 Å². The minimum absolute atomic E-state index is 0.0615. The summed E-state index contributed by atoms with van der Waals surface area (Å²) in [5.74, 6) is -3.23.